The van der Waals surface area contributed by atoms with Crippen LogP contribution in [0, 0.1) is 17.2 Å². The molecule has 7 nitrogen and oxygen atoms in total. The van der Waals surface area contributed by atoms with Crippen LogP contribution < -0.4 is 11.0 Å². The maximum Gasteiger partial charge on any atom is 0.326 e. The fourth-order valence-electron chi connectivity index (χ4n) is 3.61. The number of hydrogen-bond donors (Lipinski definition) is 2. The molecule has 1 fully saturated rings. The van der Waals surface area contributed by atoms with E-state index in [2.05, 4.69) is 21.3 Å². The number of nitriles is 1. The highest BCUT2D eigenvalue weighted by molar-refractivity contribution is 5.79. The normalized spacial score (nSPS) is 18.3. The van der Waals surface area contributed by atoms with Gasteiger partial charge in [0.1, 0.15) is 5.54 Å². The quantitative estimate of drug-likeness (QED) is 0.843. The molecule has 2 aromatic rings. The van der Waals surface area contributed by atoms with Crippen molar-refractivity contribution in [2.45, 2.75) is 45.2 Å². The van der Waals surface area contributed by atoms with Crippen LogP contribution in [-0.4, -0.2) is 45.5 Å². The number of piperidine rings is 1. The summed E-state index contributed by atoms with van der Waals surface area (Å²) in [6.45, 7) is 7.37. The van der Waals surface area contributed by atoms with Gasteiger partial charge in [0, 0.05) is 19.1 Å². The van der Waals surface area contributed by atoms with Crippen LogP contribution in [0.4, 0.5) is 0 Å². The molecule has 0 radical (unpaired) electrons. The Morgan fingerprint density at radius 2 is 2.04 bits per heavy atom. The van der Waals surface area contributed by atoms with Gasteiger partial charge in [-0.3, -0.25) is 14.3 Å². The van der Waals surface area contributed by atoms with E-state index in [0.29, 0.717) is 0 Å². The highest BCUT2D eigenvalue weighted by atomic mass is 16.2. The van der Waals surface area contributed by atoms with E-state index in [4.69, 9.17) is 0 Å². The summed E-state index contributed by atoms with van der Waals surface area (Å²) in [6, 6.07) is 10.1. The first-order chi connectivity index (χ1) is 12.8. The van der Waals surface area contributed by atoms with Gasteiger partial charge in [-0.05, 0) is 37.8 Å². The van der Waals surface area contributed by atoms with Crippen LogP contribution in [0.2, 0.25) is 0 Å². The second-order valence-electron chi connectivity index (χ2n) is 7.84. The number of carbonyl (C=O) groups excluding carboxylic acids is 1. The summed E-state index contributed by atoms with van der Waals surface area (Å²) >= 11 is 0. The van der Waals surface area contributed by atoms with Crippen molar-refractivity contribution in [1.82, 2.24) is 19.8 Å². The standard InChI is InChI=1S/C20H27N5O2/c1-14(2)20(3,13-21)23-18(26)12-24-10-8-15(9-11-24)25-17-7-5-4-6-16(17)22-19(25)27/h4-7,14-15H,8-12H2,1-3H3,(H,22,27)(H,23,26). The van der Waals surface area contributed by atoms with Gasteiger partial charge in [0.2, 0.25) is 5.91 Å². The van der Waals surface area contributed by atoms with E-state index in [1.165, 1.54) is 0 Å². The average molecular weight is 369 g/mol. The zero-order valence-electron chi connectivity index (χ0n) is 16.2. The summed E-state index contributed by atoms with van der Waals surface area (Å²) in [6.07, 6.45) is 1.63. The Labute approximate surface area is 159 Å². The maximum atomic E-state index is 12.4. The van der Waals surface area contributed by atoms with Crippen LogP contribution in [0.25, 0.3) is 11.0 Å². The molecule has 1 atom stereocenters. The number of H-pyrrole nitrogens is 1. The Kier molecular flexibility index (Phi) is 5.38. The lowest BCUT2D eigenvalue weighted by Crippen LogP contribution is -2.52. The van der Waals surface area contributed by atoms with Gasteiger partial charge < -0.3 is 10.3 Å². The van der Waals surface area contributed by atoms with E-state index in [-0.39, 0.29) is 30.1 Å². The Balaban J connectivity index is 1.61. The van der Waals surface area contributed by atoms with Crippen LogP contribution in [0.5, 0.6) is 0 Å². The van der Waals surface area contributed by atoms with Crippen LogP contribution in [0.15, 0.2) is 29.1 Å². The van der Waals surface area contributed by atoms with Crippen LogP contribution in [-0.2, 0) is 4.79 Å². The van der Waals surface area contributed by atoms with Gasteiger partial charge >= 0.3 is 5.69 Å². The van der Waals surface area contributed by atoms with Crippen molar-refractivity contribution in [3.8, 4) is 6.07 Å². The van der Waals surface area contributed by atoms with Gasteiger partial charge in [0.15, 0.2) is 0 Å². The number of fused-ring (bicyclic) bond motifs is 1. The molecule has 1 aliphatic rings. The minimum Gasteiger partial charge on any atom is -0.337 e. The third-order valence-corrected chi connectivity index (χ3v) is 5.70. The molecule has 0 spiro atoms. The van der Waals surface area contributed by atoms with E-state index in [9.17, 15) is 14.9 Å². The van der Waals surface area contributed by atoms with Gasteiger partial charge in [-0.2, -0.15) is 5.26 Å². The molecule has 0 bridgehead atoms. The molecule has 1 aromatic heterocycles. The molecule has 2 N–H and O–H groups in total. The number of imidazole rings is 1. The minimum atomic E-state index is -0.854. The average Bonchev–Trinajstić information content (AvgIpc) is 2.97. The lowest BCUT2D eigenvalue weighted by molar-refractivity contribution is -0.124. The Hall–Kier alpha value is -2.59. The third-order valence-electron chi connectivity index (χ3n) is 5.70. The summed E-state index contributed by atoms with van der Waals surface area (Å²) < 4.78 is 1.85. The molecule has 0 saturated carbocycles. The molecule has 1 aromatic carbocycles. The monoisotopic (exact) mass is 369 g/mol. The Morgan fingerprint density at radius 1 is 1.37 bits per heavy atom. The Morgan fingerprint density at radius 3 is 2.67 bits per heavy atom. The number of para-hydroxylation sites is 2. The van der Waals surface area contributed by atoms with Crippen molar-refractivity contribution in [3.05, 3.63) is 34.7 Å². The van der Waals surface area contributed by atoms with Crippen molar-refractivity contribution in [3.63, 3.8) is 0 Å². The summed E-state index contributed by atoms with van der Waals surface area (Å²) in [4.78, 5) is 29.7. The molecular formula is C20H27N5O2. The first-order valence-corrected chi connectivity index (χ1v) is 9.48. The van der Waals surface area contributed by atoms with E-state index in [0.717, 1.165) is 37.0 Å². The summed E-state index contributed by atoms with van der Waals surface area (Å²) in [5.41, 5.74) is 0.857. The number of nitrogens with zero attached hydrogens (tertiary/aromatic N) is 3. The predicted molar refractivity (Wildman–Crippen MR) is 104 cm³/mol. The minimum absolute atomic E-state index is 0.0333. The molecule has 3 rings (SSSR count). The maximum absolute atomic E-state index is 12.4. The molecule has 7 heteroatoms. The molecule has 144 valence electrons. The van der Waals surface area contributed by atoms with Gasteiger partial charge in [-0.1, -0.05) is 26.0 Å². The van der Waals surface area contributed by atoms with Gasteiger partial charge in [0.05, 0.1) is 23.6 Å². The number of hydrogen-bond acceptors (Lipinski definition) is 4. The first-order valence-electron chi connectivity index (χ1n) is 9.48. The number of rotatable bonds is 5. The van der Waals surface area contributed by atoms with E-state index in [1.54, 1.807) is 6.92 Å². The number of aromatic amines is 1. The van der Waals surface area contributed by atoms with Gasteiger partial charge in [0.25, 0.3) is 0 Å². The highest BCUT2D eigenvalue weighted by Crippen LogP contribution is 2.24. The smallest absolute Gasteiger partial charge is 0.326 e. The number of carbonyl (C=O) groups is 1. The fraction of sp³-hybridized carbons (Fsp3) is 0.550. The molecule has 1 aliphatic heterocycles. The summed E-state index contributed by atoms with van der Waals surface area (Å²) in [5, 5.41) is 12.2. The van der Waals surface area contributed by atoms with Crippen molar-refractivity contribution < 1.29 is 4.79 Å². The zero-order chi connectivity index (χ0) is 19.6. The number of amides is 1. The van der Waals surface area contributed by atoms with Crippen LogP contribution >= 0.6 is 0 Å². The number of aromatic nitrogens is 2. The van der Waals surface area contributed by atoms with Crippen molar-refractivity contribution in [2.24, 2.45) is 5.92 Å². The van der Waals surface area contributed by atoms with Crippen molar-refractivity contribution >= 4 is 16.9 Å². The van der Waals surface area contributed by atoms with Crippen molar-refractivity contribution in [2.75, 3.05) is 19.6 Å². The lowest BCUT2D eigenvalue weighted by atomic mass is 9.90. The number of likely N-dealkylation sites (tertiary alicyclic amines) is 1. The highest BCUT2D eigenvalue weighted by Gasteiger charge is 2.31. The zero-order valence-corrected chi connectivity index (χ0v) is 16.2. The molecule has 2 heterocycles. The lowest BCUT2D eigenvalue weighted by Gasteiger charge is -2.33. The van der Waals surface area contributed by atoms with E-state index < -0.39 is 5.54 Å². The molecule has 1 saturated heterocycles. The molecular weight excluding hydrogens is 342 g/mol. The summed E-state index contributed by atoms with van der Waals surface area (Å²) in [5.74, 6) is -0.0959. The van der Waals surface area contributed by atoms with Gasteiger partial charge in [-0.25, -0.2) is 4.79 Å². The molecule has 1 unspecified atom stereocenters. The van der Waals surface area contributed by atoms with Crippen LogP contribution in [0.1, 0.15) is 39.7 Å². The molecule has 0 aliphatic carbocycles. The van der Waals surface area contributed by atoms with E-state index >= 15 is 0 Å². The second kappa shape index (κ2) is 7.57. The first kappa shape index (κ1) is 19.2. The second-order valence-corrected chi connectivity index (χ2v) is 7.84. The van der Waals surface area contributed by atoms with E-state index in [1.807, 2.05) is 42.7 Å². The number of benzene rings is 1. The van der Waals surface area contributed by atoms with Crippen molar-refractivity contribution in [1.29, 1.82) is 5.26 Å². The molecule has 27 heavy (non-hydrogen) atoms. The topological polar surface area (TPSA) is 93.9 Å². The predicted octanol–water partition coefficient (Wildman–Crippen LogP) is 2.02. The third kappa shape index (κ3) is 3.91. The van der Waals surface area contributed by atoms with Crippen LogP contribution in [0.3, 0.4) is 0 Å². The fourth-order valence-corrected chi connectivity index (χ4v) is 3.61. The number of nitrogens with one attached hydrogen (secondary N) is 2. The largest absolute Gasteiger partial charge is 0.337 e. The van der Waals surface area contributed by atoms with Gasteiger partial charge in [-0.15, -0.1) is 0 Å². The summed E-state index contributed by atoms with van der Waals surface area (Å²) in [7, 11) is 0. The SMILES string of the molecule is CC(C)C(C)(C#N)NC(=O)CN1CCC(n2c(=O)[nH]c3ccccc32)CC1. The molecule has 1 amide bonds. The Bertz CT molecular complexity index is 914.